The first kappa shape index (κ1) is 17.1. The van der Waals surface area contributed by atoms with Gasteiger partial charge in [0.1, 0.15) is 17.4 Å². The highest BCUT2D eigenvalue weighted by atomic mass is 32.2. The molecule has 1 amide bonds. The first-order valence-electron chi connectivity index (χ1n) is 7.26. The van der Waals surface area contributed by atoms with E-state index in [0.717, 1.165) is 11.6 Å². The van der Waals surface area contributed by atoms with Gasteiger partial charge in [-0.3, -0.25) is 9.59 Å². The Bertz CT molecular complexity index is 1060. The number of amides is 1. The third-order valence-corrected chi connectivity index (χ3v) is 5.86. The van der Waals surface area contributed by atoms with Crippen LogP contribution in [0.15, 0.2) is 39.3 Å². The summed E-state index contributed by atoms with van der Waals surface area (Å²) in [6, 6.07) is 10.6. The zero-order chi connectivity index (χ0) is 18.0. The van der Waals surface area contributed by atoms with Gasteiger partial charge in [0.05, 0.1) is 20.2 Å². The molecule has 0 spiro atoms. The number of aromatic nitrogens is 1. The van der Waals surface area contributed by atoms with Crippen molar-refractivity contribution in [3.63, 3.8) is 0 Å². The zero-order valence-corrected chi connectivity index (χ0v) is 14.8. The number of rotatable bonds is 4. The van der Waals surface area contributed by atoms with Gasteiger partial charge in [0.25, 0.3) is 5.56 Å². The second-order valence-corrected chi connectivity index (χ2v) is 7.57. The van der Waals surface area contributed by atoms with Crippen molar-refractivity contribution in [2.75, 3.05) is 11.1 Å². The van der Waals surface area contributed by atoms with Crippen LogP contribution in [0.4, 0.5) is 5.69 Å². The van der Waals surface area contributed by atoms with Crippen molar-refractivity contribution in [3.05, 3.63) is 51.8 Å². The van der Waals surface area contributed by atoms with Crippen LogP contribution in [0.2, 0.25) is 0 Å². The lowest BCUT2D eigenvalue weighted by atomic mass is 10.2. The largest absolute Gasteiger partial charge is 0.506 e. The Hall–Kier alpha value is -2.76. The topological polar surface area (TPSA) is 106 Å². The summed E-state index contributed by atoms with van der Waals surface area (Å²) in [5.74, 6) is -0.258. The molecule has 3 N–H and O–H groups in total. The van der Waals surface area contributed by atoms with Crippen LogP contribution in [0.3, 0.4) is 0 Å². The molecule has 2 aromatic heterocycles. The summed E-state index contributed by atoms with van der Waals surface area (Å²) in [5, 5.41) is 22.0. The average Bonchev–Trinajstić information content (AvgIpc) is 2.90. The van der Waals surface area contributed by atoms with E-state index >= 15 is 0 Å². The number of nitriles is 1. The molecular weight excluding hydrogens is 358 g/mol. The van der Waals surface area contributed by atoms with E-state index in [1.807, 2.05) is 31.2 Å². The van der Waals surface area contributed by atoms with Crippen LogP contribution in [0.25, 0.3) is 10.2 Å². The van der Waals surface area contributed by atoms with Gasteiger partial charge >= 0.3 is 0 Å². The molecule has 2 heterocycles. The number of hydrogen-bond donors (Lipinski definition) is 3. The molecule has 0 aliphatic heterocycles. The predicted octanol–water partition coefficient (Wildman–Crippen LogP) is 3.21. The number of H-pyrrole nitrogens is 1. The molecule has 0 unspecified atom stereocenters. The van der Waals surface area contributed by atoms with E-state index in [2.05, 4.69) is 10.3 Å². The Labute approximate surface area is 151 Å². The first-order valence-corrected chi connectivity index (χ1v) is 9.06. The molecule has 3 aromatic rings. The van der Waals surface area contributed by atoms with E-state index < -0.39 is 5.56 Å². The number of carbonyl (C=O) groups excluding carboxylic acids is 1. The molecule has 1 aromatic carbocycles. The quantitative estimate of drug-likeness (QED) is 0.611. The number of aryl methyl sites for hydroxylation is 1. The molecule has 6 nitrogen and oxygen atoms in total. The molecule has 0 radical (unpaired) electrons. The lowest BCUT2D eigenvalue weighted by molar-refractivity contribution is -0.113. The van der Waals surface area contributed by atoms with Gasteiger partial charge in [-0.15, -0.1) is 23.1 Å². The lowest BCUT2D eigenvalue weighted by Crippen LogP contribution is -2.13. The number of thiophene rings is 1. The van der Waals surface area contributed by atoms with Crippen LogP contribution in [0.5, 0.6) is 5.75 Å². The smallest absolute Gasteiger partial charge is 0.252 e. The Balaban J connectivity index is 1.79. The SMILES string of the molecule is Cc1cccc(NC(=O)CSc2sc3c(O)cc(=O)[nH]c3c2C#N)c1. The number of pyridine rings is 1. The number of thioether (sulfide) groups is 1. The van der Waals surface area contributed by atoms with Crippen LogP contribution >= 0.6 is 23.1 Å². The molecule has 0 aliphatic rings. The molecule has 0 aliphatic carbocycles. The minimum Gasteiger partial charge on any atom is -0.506 e. The van der Waals surface area contributed by atoms with Crippen molar-refractivity contribution in [1.82, 2.24) is 4.98 Å². The molecule has 0 atom stereocenters. The van der Waals surface area contributed by atoms with E-state index in [1.165, 1.54) is 23.1 Å². The summed E-state index contributed by atoms with van der Waals surface area (Å²) in [4.78, 5) is 26.2. The van der Waals surface area contributed by atoms with Gasteiger partial charge in [0.2, 0.25) is 5.91 Å². The Morgan fingerprint density at radius 3 is 2.96 bits per heavy atom. The summed E-state index contributed by atoms with van der Waals surface area (Å²) in [5.41, 5.74) is 1.85. The van der Waals surface area contributed by atoms with Gasteiger partial charge < -0.3 is 15.4 Å². The number of anilines is 1. The zero-order valence-electron chi connectivity index (χ0n) is 13.1. The van der Waals surface area contributed by atoms with Crippen molar-refractivity contribution in [1.29, 1.82) is 5.26 Å². The average molecular weight is 371 g/mol. The van der Waals surface area contributed by atoms with Crippen molar-refractivity contribution >= 4 is 44.9 Å². The molecule has 0 saturated heterocycles. The highest BCUT2D eigenvalue weighted by Crippen LogP contribution is 2.39. The number of fused-ring (bicyclic) bond motifs is 1. The van der Waals surface area contributed by atoms with E-state index in [-0.39, 0.29) is 23.0 Å². The number of aromatic hydroxyl groups is 1. The molecule has 126 valence electrons. The van der Waals surface area contributed by atoms with E-state index in [4.69, 9.17) is 0 Å². The van der Waals surface area contributed by atoms with E-state index in [9.17, 15) is 20.0 Å². The molecule has 8 heteroatoms. The fourth-order valence-corrected chi connectivity index (χ4v) is 4.46. The van der Waals surface area contributed by atoms with Gasteiger partial charge in [-0.05, 0) is 24.6 Å². The Kier molecular flexibility index (Phi) is 4.79. The molecule has 25 heavy (non-hydrogen) atoms. The number of benzene rings is 1. The number of aromatic amines is 1. The highest BCUT2D eigenvalue weighted by Gasteiger charge is 2.17. The van der Waals surface area contributed by atoms with Crippen molar-refractivity contribution in [2.45, 2.75) is 11.1 Å². The number of carbonyl (C=O) groups is 1. The summed E-state index contributed by atoms with van der Waals surface area (Å²) >= 11 is 2.37. The monoisotopic (exact) mass is 371 g/mol. The number of hydrogen-bond acceptors (Lipinski definition) is 6. The van der Waals surface area contributed by atoms with Crippen LogP contribution in [0.1, 0.15) is 11.1 Å². The third-order valence-electron chi connectivity index (χ3n) is 3.37. The summed E-state index contributed by atoms with van der Waals surface area (Å²) < 4.78 is 1.01. The van der Waals surface area contributed by atoms with Crippen LogP contribution < -0.4 is 10.9 Å². The predicted molar refractivity (Wildman–Crippen MR) is 99.4 cm³/mol. The van der Waals surface area contributed by atoms with Crippen molar-refractivity contribution in [3.8, 4) is 11.8 Å². The maximum absolute atomic E-state index is 12.1. The molecule has 0 saturated carbocycles. The summed E-state index contributed by atoms with van der Waals surface area (Å²) in [6.45, 7) is 1.94. The standard InChI is InChI=1S/C17H13N3O3S2/c1-9-3-2-4-10(5-9)19-14(23)8-24-17-11(7-18)15-16(25-17)12(21)6-13(22)20-15/h2-6H,8H2,1H3,(H,19,23)(H2,20,21,22). The minimum atomic E-state index is -0.479. The summed E-state index contributed by atoms with van der Waals surface area (Å²) in [7, 11) is 0. The maximum Gasteiger partial charge on any atom is 0.252 e. The molecule has 0 bridgehead atoms. The van der Waals surface area contributed by atoms with Crippen LogP contribution in [0, 0.1) is 18.3 Å². The Morgan fingerprint density at radius 2 is 2.24 bits per heavy atom. The highest BCUT2D eigenvalue weighted by molar-refractivity contribution is 8.02. The van der Waals surface area contributed by atoms with E-state index in [0.29, 0.717) is 20.1 Å². The number of nitrogens with zero attached hydrogens (tertiary/aromatic N) is 1. The van der Waals surface area contributed by atoms with Gasteiger partial charge in [0, 0.05) is 11.8 Å². The first-order chi connectivity index (χ1) is 12.0. The van der Waals surface area contributed by atoms with Gasteiger partial charge in [-0.25, -0.2) is 0 Å². The Morgan fingerprint density at radius 1 is 1.44 bits per heavy atom. The van der Waals surface area contributed by atoms with Crippen molar-refractivity contribution < 1.29 is 9.90 Å². The number of nitrogens with one attached hydrogen (secondary N) is 2. The fourth-order valence-electron chi connectivity index (χ4n) is 2.31. The van der Waals surface area contributed by atoms with Gasteiger partial charge in [0.15, 0.2) is 0 Å². The molecular formula is C17H13N3O3S2. The van der Waals surface area contributed by atoms with Crippen molar-refractivity contribution in [2.24, 2.45) is 0 Å². The van der Waals surface area contributed by atoms with Gasteiger partial charge in [-0.1, -0.05) is 12.1 Å². The van der Waals surface area contributed by atoms with Gasteiger partial charge in [-0.2, -0.15) is 5.26 Å². The lowest BCUT2D eigenvalue weighted by Gasteiger charge is -2.05. The summed E-state index contributed by atoms with van der Waals surface area (Å²) in [6.07, 6.45) is 0. The minimum absolute atomic E-state index is 0.112. The molecule has 0 fully saturated rings. The normalized spacial score (nSPS) is 10.6. The van der Waals surface area contributed by atoms with E-state index in [1.54, 1.807) is 6.07 Å². The van der Waals surface area contributed by atoms with Crippen LogP contribution in [-0.4, -0.2) is 21.8 Å². The second-order valence-electron chi connectivity index (χ2n) is 5.31. The third kappa shape index (κ3) is 3.68. The molecule has 3 rings (SSSR count). The second kappa shape index (κ2) is 7.01. The van der Waals surface area contributed by atoms with Crippen LogP contribution in [-0.2, 0) is 4.79 Å². The fraction of sp³-hybridized carbons (Fsp3) is 0.118. The maximum atomic E-state index is 12.1.